The van der Waals surface area contributed by atoms with Gasteiger partial charge in [-0.25, -0.2) is 0 Å². The van der Waals surface area contributed by atoms with Crippen LogP contribution in [0.4, 0.5) is 5.69 Å². The molecule has 3 N–H and O–H groups in total. The number of carbonyl (C=O) groups is 1. The van der Waals surface area contributed by atoms with Gasteiger partial charge in [0.05, 0.1) is 12.7 Å². The highest BCUT2D eigenvalue weighted by Crippen LogP contribution is 2.25. The number of anilines is 1. The van der Waals surface area contributed by atoms with E-state index in [1.165, 1.54) is 19.3 Å². The summed E-state index contributed by atoms with van der Waals surface area (Å²) in [7, 11) is 0. The van der Waals surface area contributed by atoms with Gasteiger partial charge in [-0.3, -0.25) is 4.79 Å². The molecule has 4 heteroatoms. The lowest BCUT2D eigenvalue weighted by atomic mass is 9.88. The van der Waals surface area contributed by atoms with Crippen LogP contribution in [0.3, 0.4) is 0 Å². The van der Waals surface area contributed by atoms with Gasteiger partial charge in [-0.05, 0) is 43.0 Å². The topological polar surface area (TPSA) is 64.3 Å². The minimum absolute atomic E-state index is 0.0784. The van der Waals surface area contributed by atoms with E-state index in [1.54, 1.807) is 24.3 Å². The first kappa shape index (κ1) is 14.9. The molecule has 1 aliphatic carbocycles. The number of rotatable bonds is 5. The second kappa shape index (κ2) is 7.29. The molecule has 2 rings (SSSR count). The van der Waals surface area contributed by atoms with Gasteiger partial charge in [-0.2, -0.15) is 0 Å². The zero-order valence-corrected chi connectivity index (χ0v) is 12.1. The molecule has 0 aromatic heterocycles. The third-order valence-corrected chi connectivity index (χ3v) is 3.93. The quantitative estimate of drug-likeness (QED) is 0.642. The van der Waals surface area contributed by atoms with E-state index in [4.69, 9.17) is 10.5 Å². The van der Waals surface area contributed by atoms with Crippen LogP contribution in [0.15, 0.2) is 24.3 Å². The lowest BCUT2D eigenvalue weighted by Crippen LogP contribution is -2.31. The minimum Gasteiger partial charge on any atom is -0.399 e. The summed E-state index contributed by atoms with van der Waals surface area (Å²) < 4.78 is 5.87. The van der Waals surface area contributed by atoms with Crippen LogP contribution in [0.1, 0.15) is 43.0 Å². The smallest absolute Gasteiger partial charge is 0.251 e. The van der Waals surface area contributed by atoms with Crippen LogP contribution >= 0.6 is 0 Å². The van der Waals surface area contributed by atoms with Crippen LogP contribution in [0.5, 0.6) is 0 Å². The van der Waals surface area contributed by atoms with Crippen molar-refractivity contribution in [3.05, 3.63) is 29.8 Å². The lowest BCUT2D eigenvalue weighted by Gasteiger charge is -2.28. The van der Waals surface area contributed by atoms with Gasteiger partial charge in [0.1, 0.15) is 0 Å². The van der Waals surface area contributed by atoms with Crippen molar-refractivity contribution in [1.29, 1.82) is 0 Å². The van der Waals surface area contributed by atoms with E-state index in [1.807, 2.05) is 0 Å². The fraction of sp³-hybridized carbons (Fsp3) is 0.562. The molecule has 0 saturated heterocycles. The number of nitrogens with two attached hydrogens (primary N) is 1. The van der Waals surface area contributed by atoms with Gasteiger partial charge in [0.15, 0.2) is 0 Å². The third-order valence-electron chi connectivity index (χ3n) is 3.93. The highest BCUT2D eigenvalue weighted by Gasteiger charge is 2.21. The van der Waals surface area contributed by atoms with E-state index < -0.39 is 0 Å². The molecule has 20 heavy (non-hydrogen) atoms. The summed E-state index contributed by atoms with van der Waals surface area (Å²) in [5.41, 5.74) is 6.89. The molecule has 1 aliphatic rings. The molecule has 0 radical (unpaired) electrons. The number of amides is 1. The molecule has 1 aromatic rings. The maximum absolute atomic E-state index is 11.9. The zero-order chi connectivity index (χ0) is 14.4. The van der Waals surface area contributed by atoms with Gasteiger partial charge in [0, 0.05) is 17.8 Å². The van der Waals surface area contributed by atoms with E-state index in [-0.39, 0.29) is 5.91 Å². The van der Waals surface area contributed by atoms with Crippen LogP contribution in [0.25, 0.3) is 0 Å². The Bertz CT molecular complexity index is 431. The second-order valence-corrected chi connectivity index (χ2v) is 5.55. The van der Waals surface area contributed by atoms with Gasteiger partial charge in [0.2, 0.25) is 0 Å². The van der Waals surface area contributed by atoms with Crippen LogP contribution in [0, 0.1) is 5.92 Å². The van der Waals surface area contributed by atoms with Crippen molar-refractivity contribution < 1.29 is 9.53 Å². The Morgan fingerprint density at radius 3 is 2.70 bits per heavy atom. The number of ether oxygens (including phenoxy) is 1. The molecule has 0 aliphatic heterocycles. The highest BCUT2D eigenvalue weighted by atomic mass is 16.5. The van der Waals surface area contributed by atoms with Crippen LogP contribution in [0.2, 0.25) is 0 Å². The number of hydrogen-bond acceptors (Lipinski definition) is 3. The summed E-state index contributed by atoms with van der Waals surface area (Å²) in [4.78, 5) is 11.9. The third kappa shape index (κ3) is 4.23. The summed E-state index contributed by atoms with van der Waals surface area (Å²) in [5.74, 6) is 0.557. The molecule has 0 heterocycles. The van der Waals surface area contributed by atoms with Crippen molar-refractivity contribution in [2.75, 3.05) is 18.9 Å². The lowest BCUT2D eigenvalue weighted by molar-refractivity contribution is -0.00293. The van der Waals surface area contributed by atoms with Crippen LogP contribution < -0.4 is 11.1 Å². The molecule has 110 valence electrons. The first-order valence-electron chi connectivity index (χ1n) is 7.42. The van der Waals surface area contributed by atoms with Crippen molar-refractivity contribution in [3.8, 4) is 0 Å². The maximum Gasteiger partial charge on any atom is 0.251 e. The van der Waals surface area contributed by atoms with Gasteiger partial charge >= 0.3 is 0 Å². The Balaban J connectivity index is 1.67. The number of hydrogen-bond donors (Lipinski definition) is 2. The van der Waals surface area contributed by atoms with Crippen LogP contribution in [-0.4, -0.2) is 25.2 Å². The van der Waals surface area contributed by atoms with Gasteiger partial charge < -0.3 is 15.8 Å². The summed E-state index contributed by atoms with van der Waals surface area (Å²) in [6.07, 6.45) is 5.33. The highest BCUT2D eigenvalue weighted by molar-refractivity contribution is 5.94. The Kier molecular flexibility index (Phi) is 5.41. The Morgan fingerprint density at radius 1 is 1.30 bits per heavy atom. The molecular weight excluding hydrogens is 252 g/mol. The summed E-state index contributed by atoms with van der Waals surface area (Å²) in [6, 6.07) is 6.92. The predicted octanol–water partition coefficient (Wildman–Crippen LogP) is 2.59. The van der Waals surface area contributed by atoms with Gasteiger partial charge in [-0.15, -0.1) is 0 Å². The normalized spacial score (nSPS) is 22.4. The maximum atomic E-state index is 11.9. The molecule has 1 fully saturated rings. The summed E-state index contributed by atoms with van der Waals surface area (Å²) in [5, 5.41) is 2.87. The van der Waals surface area contributed by atoms with Crippen molar-refractivity contribution >= 4 is 11.6 Å². The minimum atomic E-state index is -0.0784. The van der Waals surface area contributed by atoms with Crippen LogP contribution in [-0.2, 0) is 4.74 Å². The molecule has 0 spiro atoms. The van der Waals surface area contributed by atoms with Gasteiger partial charge in [0.25, 0.3) is 5.91 Å². The molecule has 1 saturated carbocycles. The summed E-state index contributed by atoms with van der Waals surface area (Å²) in [6.45, 7) is 3.37. The fourth-order valence-corrected chi connectivity index (χ4v) is 2.64. The molecule has 4 nitrogen and oxygen atoms in total. The largest absolute Gasteiger partial charge is 0.399 e. The molecule has 1 aromatic carbocycles. The monoisotopic (exact) mass is 276 g/mol. The van der Waals surface area contributed by atoms with Crippen molar-refractivity contribution in [1.82, 2.24) is 5.32 Å². The first-order valence-corrected chi connectivity index (χ1v) is 7.42. The fourth-order valence-electron chi connectivity index (χ4n) is 2.64. The Hall–Kier alpha value is -1.55. The Labute approximate surface area is 120 Å². The van der Waals surface area contributed by atoms with E-state index in [0.29, 0.717) is 36.4 Å². The average molecular weight is 276 g/mol. The molecule has 2 unspecified atom stereocenters. The van der Waals surface area contributed by atoms with Gasteiger partial charge in [-0.1, -0.05) is 19.8 Å². The molecular formula is C16H24N2O2. The number of nitrogens with one attached hydrogen (secondary N) is 1. The summed E-state index contributed by atoms with van der Waals surface area (Å²) >= 11 is 0. The van der Waals surface area contributed by atoms with Crippen molar-refractivity contribution in [2.24, 2.45) is 5.92 Å². The molecule has 0 bridgehead atoms. The molecule has 1 amide bonds. The number of benzene rings is 1. The van der Waals surface area contributed by atoms with E-state index in [0.717, 1.165) is 6.42 Å². The Morgan fingerprint density at radius 2 is 2.00 bits per heavy atom. The van der Waals surface area contributed by atoms with E-state index in [2.05, 4.69) is 12.2 Å². The van der Waals surface area contributed by atoms with Crippen molar-refractivity contribution in [3.63, 3.8) is 0 Å². The first-order chi connectivity index (χ1) is 9.66. The number of carbonyl (C=O) groups excluding carboxylic acids is 1. The van der Waals surface area contributed by atoms with Crippen molar-refractivity contribution in [2.45, 2.75) is 38.7 Å². The van der Waals surface area contributed by atoms with E-state index >= 15 is 0 Å². The standard InChI is InChI=1S/C16H24N2O2/c1-12-4-2-3-5-15(12)20-11-10-18-16(19)13-6-8-14(17)9-7-13/h6-9,12,15H,2-5,10-11,17H2,1H3,(H,18,19). The SMILES string of the molecule is CC1CCCCC1OCCNC(=O)c1ccc(N)cc1. The predicted molar refractivity (Wildman–Crippen MR) is 80.6 cm³/mol. The second-order valence-electron chi connectivity index (χ2n) is 5.55. The van der Waals surface area contributed by atoms with E-state index in [9.17, 15) is 4.79 Å². The number of nitrogen functional groups attached to an aromatic ring is 1. The average Bonchev–Trinajstić information content (AvgIpc) is 2.46. The zero-order valence-electron chi connectivity index (χ0n) is 12.1. The molecule has 2 atom stereocenters.